The van der Waals surface area contributed by atoms with E-state index in [-0.39, 0.29) is 31.9 Å². The van der Waals surface area contributed by atoms with Crippen LogP contribution in [0.3, 0.4) is 0 Å². The second-order valence-corrected chi connectivity index (χ2v) is 9.61. The van der Waals surface area contributed by atoms with Gasteiger partial charge in [-0.3, -0.25) is 15.6 Å². The summed E-state index contributed by atoms with van der Waals surface area (Å²) in [4.78, 5) is 28.7. The van der Waals surface area contributed by atoms with Gasteiger partial charge in [-0.25, -0.2) is 15.0 Å². The predicted octanol–water partition coefficient (Wildman–Crippen LogP) is 4.03. The number of carbonyl (C=O) groups is 1. The lowest BCUT2D eigenvalue weighted by molar-refractivity contribution is -0.136. The van der Waals surface area contributed by atoms with Gasteiger partial charge in [-0.05, 0) is 12.5 Å². The Morgan fingerprint density at radius 2 is 2.03 bits per heavy atom. The van der Waals surface area contributed by atoms with Crippen LogP contribution in [0.5, 0.6) is 0 Å². The predicted molar refractivity (Wildman–Crippen MR) is 124 cm³/mol. The number of thiazole rings is 1. The van der Waals surface area contributed by atoms with Gasteiger partial charge in [0.1, 0.15) is 16.5 Å². The molecule has 1 aliphatic rings. The maximum Gasteiger partial charge on any atom is 0.449 e. The Kier molecular flexibility index (Phi) is 6.53. The number of amidine groups is 2. The third-order valence-corrected chi connectivity index (χ3v) is 7.07. The third kappa shape index (κ3) is 4.87. The zero-order chi connectivity index (χ0) is 24.6. The minimum absolute atomic E-state index is 0.132. The average molecular weight is 512 g/mol. The SMILES string of the molecule is CCCc1cc2c(N3CCN(C(=N)C(F)(F)F)C(=N)C3)nc(-c3nc(CC(=O)O)cs3)nc2s1. The van der Waals surface area contributed by atoms with E-state index in [1.54, 1.807) is 10.3 Å². The fraction of sp³-hybridized carbons (Fsp3) is 0.400. The van der Waals surface area contributed by atoms with Crippen LogP contribution in [-0.4, -0.2) is 68.4 Å². The van der Waals surface area contributed by atoms with Crippen LogP contribution in [0.1, 0.15) is 23.9 Å². The summed E-state index contributed by atoms with van der Waals surface area (Å²) in [5.41, 5.74) is 0.386. The number of thiophene rings is 1. The Bertz CT molecular complexity index is 1270. The Morgan fingerprint density at radius 3 is 2.68 bits per heavy atom. The van der Waals surface area contributed by atoms with Crippen LogP contribution in [0.15, 0.2) is 11.4 Å². The number of halogens is 3. The Morgan fingerprint density at radius 1 is 1.26 bits per heavy atom. The molecule has 0 spiro atoms. The lowest BCUT2D eigenvalue weighted by Gasteiger charge is -2.37. The highest BCUT2D eigenvalue weighted by Gasteiger charge is 2.41. The number of carboxylic acids is 1. The van der Waals surface area contributed by atoms with E-state index in [2.05, 4.69) is 21.9 Å². The van der Waals surface area contributed by atoms with Gasteiger partial charge in [0.25, 0.3) is 0 Å². The molecule has 14 heteroatoms. The maximum atomic E-state index is 13.0. The van der Waals surface area contributed by atoms with Crippen molar-refractivity contribution in [3.05, 3.63) is 22.0 Å². The zero-order valence-corrected chi connectivity index (χ0v) is 19.6. The van der Waals surface area contributed by atoms with Gasteiger partial charge in [0.2, 0.25) is 5.84 Å². The van der Waals surface area contributed by atoms with Gasteiger partial charge >= 0.3 is 12.1 Å². The molecule has 4 heterocycles. The number of nitrogens with one attached hydrogen (secondary N) is 2. The topological polar surface area (TPSA) is 130 Å². The van der Waals surface area contributed by atoms with E-state index >= 15 is 0 Å². The minimum atomic E-state index is -4.83. The molecule has 1 fully saturated rings. The van der Waals surface area contributed by atoms with E-state index in [0.29, 0.717) is 32.1 Å². The Balaban J connectivity index is 1.71. The largest absolute Gasteiger partial charge is 0.481 e. The highest BCUT2D eigenvalue weighted by molar-refractivity contribution is 7.18. The molecule has 0 aromatic carbocycles. The van der Waals surface area contributed by atoms with Crippen molar-refractivity contribution in [1.82, 2.24) is 19.9 Å². The molecule has 0 amide bonds. The summed E-state index contributed by atoms with van der Waals surface area (Å²) in [5.74, 6) is -2.12. The number of nitrogens with zero attached hydrogens (tertiary/aromatic N) is 5. The number of fused-ring (bicyclic) bond motifs is 1. The van der Waals surface area contributed by atoms with Gasteiger partial charge in [0.05, 0.1) is 24.0 Å². The zero-order valence-electron chi connectivity index (χ0n) is 17.9. The molecule has 3 aromatic rings. The number of aliphatic carboxylic acids is 1. The number of rotatable bonds is 6. The molecule has 0 aliphatic carbocycles. The fourth-order valence-electron chi connectivity index (χ4n) is 3.59. The lowest BCUT2D eigenvalue weighted by Crippen LogP contribution is -2.55. The second kappa shape index (κ2) is 9.25. The molecule has 0 radical (unpaired) electrons. The molecule has 34 heavy (non-hydrogen) atoms. The molecule has 1 saturated heterocycles. The highest BCUT2D eigenvalue weighted by Crippen LogP contribution is 2.35. The summed E-state index contributed by atoms with van der Waals surface area (Å²) in [5, 5.41) is 27.3. The van der Waals surface area contributed by atoms with Crippen molar-refractivity contribution >= 4 is 56.3 Å². The van der Waals surface area contributed by atoms with Crippen molar-refractivity contribution < 1.29 is 23.1 Å². The van der Waals surface area contributed by atoms with Crippen LogP contribution in [0.2, 0.25) is 0 Å². The summed E-state index contributed by atoms with van der Waals surface area (Å²) in [7, 11) is 0. The molecular weight excluding hydrogens is 491 g/mol. The first kappa shape index (κ1) is 24.0. The number of alkyl halides is 3. The summed E-state index contributed by atoms with van der Waals surface area (Å²) >= 11 is 2.71. The van der Waals surface area contributed by atoms with Crippen molar-refractivity contribution in [2.75, 3.05) is 24.5 Å². The highest BCUT2D eigenvalue weighted by atomic mass is 32.1. The van der Waals surface area contributed by atoms with Gasteiger partial charge in [0.15, 0.2) is 10.8 Å². The molecule has 0 unspecified atom stereocenters. The lowest BCUT2D eigenvalue weighted by atomic mass is 10.2. The van der Waals surface area contributed by atoms with Crippen molar-refractivity contribution in [2.45, 2.75) is 32.4 Å². The standard InChI is InChI=1S/C20H20F3N7O2S2/c1-2-3-11-7-12-16(29-4-5-30(13(24)8-29)19(25)20(21,22)23)27-15(28-17(12)34-11)18-26-10(9-33-18)6-14(31)32/h7,9,24-25H,2-6,8H2,1H3,(H,31,32). The number of aryl methyl sites for hydroxylation is 1. The number of carboxylic acid groups (broad SMARTS) is 1. The fourth-order valence-corrected chi connectivity index (χ4v) is 5.46. The normalized spacial score (nSPS) is 14.8. The van der Waals surface area contributed by atoms with Crippen LogP contribution in [0.4, 0.5) is 19.0 Å². The molecule has 4 rings (SSSR count). The molecule has 180 valence electrons. The summed E-state index contributed by atoms with van der Waals surface area (Å²) < 4.78 is 39.0. The molecular formula is C20H20F3N7O2S2. The number of piperazine rings is 1. The molecule has 3 N–H and O–H groups in total. The smallest absolute Gasteiger partial charge is 0.449 e. The van der Waals surface area contributed by atoms with Crippen molar-refractivity contribution in [3.63, 3.8) is 0 Å². The number of hydrogen-bond acceptors (Lipinski definition) is 9. The van der Waals surface area contributed by atoms with E-state index in [4.69, 9.17) is 15.9 Å². The second-order valence-electron chi connectivity index (χ2n) is 7.63. The molecule has 1 aliphatic heterocycles. The van der Waals surface area contributed by atoms with Gasteiger partial charge in [-0.15, -0.1) is 22.7 Å². The minimum Gasteiger partial charge on any atom is -0.481 e. The number of aromatic nitrogens is 3. The maximum absolute atomic E-state index is 13.0. The molecule has 3 aromatic heterocycles. The first-order valence-electron chi connectivity index (χ1n) is 10.3. The van der Waals surface area contributed by atoms with Crippen molar-refractivity contribution in [2.24, 2.45) is 0 Å². The summed E-state index contributed by atoms with van der Waals surface area (Å²) in [6.45, 7) is 1.86. The van der Waals surface area contributed by atoms with Crippen molar-refractivity contribution in [1.29, 1.82) is 10.8 Å². The van der Waals surface area contributed by atoms with Crippen LogP contribution in [0.25, 0.3) is 21.0 Å². The summed E-state index contributed by atoms with van der Waals surface area (Å²) in [6.07, 6.45) is -3.29. The molecule has 9 nitrogen and oxygen atoms in total. The van der Waals surface area contributed by atoms with Gasteiger partial charge in [-0.1, -0.05) is 13.3 Å². The Hall–Kier alpha value is -3.13. The van der Waals surface area contributed by atoms with Crippen LogP contribution >= 0.6 is 22.7 Å². The molecule has 0 saturated carbocycles. The van der Waals surface area contributed by atoms with E-state index in [9.17, 15) is 18.0 Å². The van der Waals surface area contributed by atoms with Crippen LogP contribution < -0.4 is 4.90 Å². The summed E-state index contributed by atoms with van der Waals surface area (Å²) in [6, 6.07) is 1.97. The number of hydrogen-bond donors (Lipinski definition) is 3. The van der Waals surface area contributed by atoms with Gasteiger partial charge < -0.3 is 14.9 Å². The Labute approximate surface area is 199 Å². The molecule has 0 bridgehead atoms. The third-order valence-electron chi connectivity index (χ3n) is 5.09. The first-order valence-corrected chi connectivity index (χ1v) is 12.0. The van der Waals surface area contributed by atoms with Crippen molar-refractivity contribution in [3.8, 4) is 10.8 Å². The van der Waals surface area contributed by atoms with Gasteiger partial charge in [-0.2, -0.15) is 13.2 Å². The van der Waals surface area contributed by atoms with E-state index < -0.39 is 18.0 Å². The quantitative estimate of drug-likeness (QED) is 0.336. The van der Waals surface area contributed by atoms with Gasteiger partial charge in [0, 0.05) is 23.3 Å². The number of anilines is 1. The van der Waals surface area contributed by atoms with Crippen LogP contribution in [0, 0.1) is 10.8 Å². The monoisotopic (exact) mass is 511 g/mol. The van der Waals surface area contributed by atoms with Crippen LogP contribution in [-0.2, 0) is 17.6 Å². The molecule has 0 atom stereocenters. The van der Waals surface area contributed by atoms with E-state index in [0.717, 1.165) is 23.1 Å². The average Bonchev–Trinajstić information content (AvgIpc) is 3.38. The van der Waals surface area contributed by atoms with E-state index in [1.165, 1.54) is 22.7 Å². The van der Waals surface area contributed by atoms with E-state index in [1.807, 2.05) is 6.07 Å². The first-order chi connectivity index (χ1) is 16.1.